The number of rotatable bonds is 1. The zero-order valence-corrected chi connectivity index (χ0v) is 9.98. The van der Waals surface area contributed by atoms with Gasteiger partial charge in [0, 0.05) is 19.6 Å². The third-order valence-corrected chi connectivity index (χ3v) is 4.22. The number of amides is 1. The smallest absolute Gasteiger partial charge is 0.407 e. The molecule has 1 aromatic rings. The van der Waals surface area contributed by atoms with E-state index in [9.17, 15) is 4.79 Å². The number of hydrogen-bond donors (Lipinski definition) is 2. The van der Waals surface area contributed by atoms with E-state index in [1.807, 2.05) is 0 Å². The molecule has 0 bridgehead atoms. The first kappa shape index (κ1) is 10.6. The largest absolute Gasteiger partial charge is 0.465 e. The van der Waals surface area contributed by atoms with Crippen LogP contribution in [-0.4, -0.2) is 51.5 Å². The van der Waals surface area contributed by atoms with E-state index in [2.05, 4.69) is 15.1 Å². The second-order valence-electron chi connectivity index (χ2n) is 4.50. The van der Waals surface area contributed by atoms with E-state index in [1.54, 1.807) is 4.90 Å². The molecule has 1 saturated carbocycles. The van der Waals surface area contributed by atoms with E-state index in [-0.39, 0.29) is 5.54 Å². The fraction of sp³-hybridized carbons (Fsp3) is 0.667. The summed E-state index contributed by atoms with van der Waals surface area (Å²) in [5.41, 5.74) is 5.37. The number of nitrogens with zero attached hydrogens (tertiary/aromatic N) is 4. The number of aromatic nitrogens is 2. The van der Waals surface area contributed by atoms with Crippen LogP contribution in [0, 0.1) is 0 Å². The van der Waals surface area contributed by atoms with Gasteiger partial charge in [0.1, 0.15) is 0 Å². The molecule has 0 radical (unpaired) electrons. The van der Waals surface area contributed by atoms with Gasteiger partial charge in [0.15, 0.2) is 0 Å². The lowest BCUT2D eigenvalue weighted by Gasteiger charge is -2.40. The Bertz CT molecular complexity index is 458. The van der Waals surface area contributed by atoms with Crippen molar-refractivity contribution in [1.82, 2.24) is 15.1 Å². The van der Waals surface area contributed by atoms with Gasteiger partial charge in [0.05, 0.1) is 5.54 Å². The normalized spacial score (nSPS) is 21.9. The molecule has 3 N–H and O–H groups in total. The highest BCUT2D eigenvalue weighted by Crippen LogP contribution is 2.45. The van der Waals surface area contributed by atoms with Crippen LogP contribution in [0.2, 0.25) is 0 Å². The van der Waals surface area contributed by atoms with Crippen molar-refractivity contribution in [2.24, 2.45) is 0 Å². The molecule has 3 rings (SSSR count). The summed E-state index contributed by atoms with van der Waals surface area (Å²) in [6, 6.07) is 0. The lowest BCUT2D eigenvalue weighted by atomic mass is 10.1. The van der Waals surface area contributed by atoms with Gasteiger partial charge < -0.3 is 15.7 Å². The van der Waals surface area contributed by atoms with Gasteiger partial charge in [-0.1, -0.05) is 11.3 Å². The standard InChI is InChI=1S/C9H13N5O2S/c10-6-11-12-7(17-6)13-3-4-14(8(15)16)9(5-13)1-2-9/h1-5H2,(H2,10,11)(H,15,16). The summed E-state index contributed by atoms with van der Waals surface area (Å²) in [5, 5.41) is 18.2. The Morgan fingerprint density at radius 3 is 2.71 bits per heavy atom. The van der Waals surface area contributed by atoms with Gasteiger partial charge in [0.2, 0.25) is 10.3 Å². The summed E-state index contributed by atoms with van der Waals surface area (Å²) in [5.74, 6) is 0. The predicted molar refractivity (Wildman–Crippen MR) is 63.2 cm³/mol. The summed E-state index contributed by atoms with van der Waals surface area (Å²) in [6.45, 7) is 1.88. The molecule has 92 valence electrons. The van der Waals surface area contributed by atoms with E-state index >= 15 is 0 Å². The summed E-state index contributed by atoms with van der Waals surface area (Å²) in [4.78, 5) is 14.8. The van der Waals surface area contributed by atoms with Crippen molar-refractivity contribution in [1.29, 1.82) is 0 Å². The third-order valence-electron chi connectivity index (χ3n) is 3.41. The van der Waals surface area contributed by atoms with Crippen LogP contribution in [0.5, 0.6) is 0 Å². The van der Waals surface area contributed by atoms with Crippen LogP contribution in [-0.2, 0) is 0 Å². The van der Waals surface area contributed by atoms with E-state index < -0.39 is 6.09 Å². The quantitative estimate of drug-likeness (QED) is 0.756. The first-order valence-electron chi connectivity index (χ1n) is 5.45. The molecule has 2 heterocycles. The van der Waals surface area contributed by atoms with Crippen LogP contribution in [0.1, 0.15) is 12.8 Å². The molecule has 0 atom stereocenters. The molecule has 1 saturated heterocycles. The van der Waals surface area contributed by atoms with Crippen molar-refractivity contribution in [2.45, 2.75) is 18.4 Å². The monoisotopic (exact) mass is 255 g/mol. The van der Waals surface area contributed by atoms with Crippen LogP contribution < -0.4 is 10.6 Å². The number of piperazine rings is 1. The Kier molecular flexibility index (Phi) is 2.15. The predicted octanol–water partition coefficient (Wildman–Crippen LogP) is 0.453. The summed E-state index contributed by atoms with van der Waals surface area (Å²) in [7, 11) is 0. The highest BCUT2D eigenvalue weighted by molar-refractivity contribution is 7.18. The molecule has 7 nitrogen and oxygen atoms in total. The zero-order chi connectivity index (χ0) is 12.0. The van der Waals surface area contributed by atoms with Crippen LogP contribution in [0.3, 0.4) is 0 Å². The molecule has 0 aromatic carbocycles. The van der Waals surface area contributed by atoms with Gasteiger partial charge in [-0.25, -0.2) is 4.79 Å². The number of carbonyl (C=O) groups is 1. The number of hydrogen-bond acceptors (Lipinski definition) is 6. The molecular weight excluding hydrogens is 242 g/mol. The first-order chi connectivity index (χ1) is 8.11. The van der Waals surface area contributed by atoms with Gasteiger partial charge in [0.25, 0.3) is 0 Å². The minimum atomic E-state index is -0.820. The fourth-order valence-corrected chi connectivity index (χ4v) is 3.00. The molecule has 1 amide bonds. The SMILES string of the molecule is Nc1nnc(N2CCN(C(=O)O)C3(CC3)C2)s1. The van der Waals surface area contributed by atoms with E-state index in [0.717, 1.165) is 18.0 Å². The molecule has 0 unspecified atom stereocenters. The average molecular weight is 255 g/mol. The molecule has 1 spiro atoms. The second kappa shape index (κ2) is 3.46. The minimum absolute atomic E-state index is 0.190. The van der Waals surface area contributed by atoms with E-state index in [4.69, 9.17) is 10.8 Å². The Morgan fingerprint density at radius 2 is 2.18 bits per heavy atom. The molecule has 1 aromatic heterocycles. The number of anilines is 2. The van der Waals surface area contributed by atoms with Crippen molar-refractivity contribution < 1.29 is 9.90 Å². The molecule has 8 heteroatoms. The zero-order valence-electron chi connectivity index (χ0n) is 9.17. The summed E-state index contributed by atoms with van der Waals surface area (Å²) in [6.07, 6.45) is 1.05. The molecular formula is C9H13N5O2S. The van der Waals surface area contributed by atoms with Gasteiger partial charge in [-0.2, -0.15) is 0 Å². The highest BCUT2D eigenvalue weighted by Gasteiger charge is 2.53. The van der Waals surface area contributed by atoms with Crippen LogP contribution in [0.15, 0.2) is 0 Å². The van der Waals surface area contributed by atoms with Crippen molar-refractivity contribution in [3.8, 4) is 0 Å². The molecule has 2 fully saturated rings. The lowest BCUT2D eigenvalue weighted by Crippen LogP contribution is -2.56. The first-order valence-corrected chi connectivity index (χ1v) is 6.27. The summed E-state index contributed by atoms with van der Waals surface area (Å²) < 4.78 is 0. The molecule has 17 heavy (non-hydrogen) atoms. The Labute approximate surface area is 102 Å². The molecule has 1 aliphatic heterocycles. The Balaban J connectivity index is 1.78. The number of nitrogen functional groups attached to an aromatic ring is 1. The van der Waals surface area contributed by atoms with Gasteiger partial charge in [-0.15, -0.1) is 10.2 Å². The second-order valence-corrected chi connectivity index (χ2v) is 5.49. The third kappa shape index (κ3) is 1.68. The van der Waals surface area contributed by atoms with Crippen molar-refractivity contribution >= 4 is 27.7 Å². The van der Waals surface area contributed by atoms with E-state index in [1.165, 1.54) is 11.3 Å². The van der Waals surface area contributed by atoms with Gasteiger partial charge in [-0.05, 0) is 12.8 Å². The maximum Gasteiger partial charge on any atom is 0.407 e. The maximum atomic E-state index is 11.1. The number of nitrogens with two attached hydrogens (primary N) is 1. The van der Waals surface area contributed by atoms with Crippen molar-refractivity contribution in [3.63, 3.8) is 0 Å². The minimum Gasteiger partial charge on any atom is -0.465 e. The van der Waals surface area contributed by atoms with Gasteiger partial charge in [-0.3, -0.25) is 4.90 Å². The van der Waals surface area contributed by atoms with Crippen LogP contribution in [0.25, 0.3) is 0 Å². The van der Waals surface area contributed by atoms with Gasteiger partial charge >= 0.3 is 6.09 Å². The number of carboxylic acid groups (broad SMARTS) is 1. The molecule has 2 aliphatic rings. The maximum absolute atomic E-state index is 11.1. The average Bonchev–Trinajstić information content (AvgIpc) is 2.89. The summed E-state index contributed by atoms with van der Waals surface area (Å²) >= 11 is 1.35. The highest BCUT2D eigenvalue weighted by atomic mass is 32.1. The van der Waals surface area contributed by atoms with Crippen LogP contribution in [0.4, 0.5) is 15.1 Å². The van der Waals surface area contributed by atoms with E-state index in [0.29, 0.717) is 24.8 Å². The Hall–Kier alpha value is -1.57. The van der Waals surface area contributed by atoms with Crippen LogP contribution >= 0.6 is 11.3 Å². The fourth-order valence-electron chi connectivity index (χ4n) is 2.37. The van der Waals surface area contributed by atoms with Crippen molar-refractivity contribution in [3.05, 3.63) is 0 Å². The lowest BCUT2D eigenvalue weighted by molar-refractivity contribution is 0.110. The topological polar surface area (TPSA) is 95.6 Å². The van der Waals surface area contributed by atoms with Crippen molar-refractivity contribution in [2.75, 3.05) is 30.3 Å². The molecule has 1 aliphatic carbocycles. The Morgan fingerprint density at radius 1 is 1.41 bits per heavy atom.